The first-order chi connectivity index (χ1) is 14.9. The molecule has 0 unspecified atom stereocenters. The van der Waals surface area contributed by atoms with E-state index in [1.54, 1.807) is 20.9 Å². The Morgan fingerprint density at radius 2 is 2.06 bits per heavy atom. The fourth-order valence-electron chi connectivity index (χ4n) is 3.90. The maximum atomic E-state index is 14.1. The Balaban J connectivity index is 1.47. The molecule has 0 fully saturated rings. The van der Waals surface area contributed by atoms with E-state index in [0.717, 1.165) is 34.6 Å². The molecule has 0 spiro atoms. The molecule has 3 aromatic heterocycles. The fraction of sp³-hybridized carbons (Fsp3) is 0.238. The van der Waals surface area contributed by atoms with Crippen LogP contribution in [0.4, 0.5) is 8.78 Å². The molecule has 0 saturated carbocycles. The minimum absolute atomic E-state index is 0.0192. The quantitative estimate of drug-likeness (QED) is 0.450. The van der Waals surface area contributed by atoms with Crippen molar-refractivity contribution in [1.82, 2.24) is 24.9 Å². The summed E-state index contributed by atoms with van der Waals surface area (Å²) in [6, 6.07) is 5.18. The van der Waals surface area contributed by atoms with Crippen LogP contribution in [0.3, 0.4) is 0 Å². The average molecular weight is 458 g/mol. The maximum absolute atomic E-state index is 14.1. The van der Waals surface area contributed by atoms with Crippen molar-refractivity contribution in [2.75, 3.05) is 6.54 Å². The van der Waals surface area contributed by atoms with E-state index >= 15 is 0 Å². The van der Waals surface area contributed by atoms with Crippen molar-refractivity contribution in [3.8, 4) is 10.6 Å². The van der Waals surface area contributed by atoms with Gasteiger partial charge in [0.1, 0.15) is 11.6 Å². The van der Waals surface area contributed by atoms with E-state index in [1.165, 1.54) is 10.9 Å². The number of benzene rings is 1. The van der Waals surface area contributed by atoms with Gasteiger partial charge in [0, 0.05) is 47.8 Å². The zero-order chi connectivity index (χ0) is 21.7. The van der Waals surface area contributed by atoms with Crippen LogP contribution >= 0.6 is 22.7 Å². The summed E-state index contributed by atoms with van der Waals surface area (Å²) in [5.41, 5.74) is 2.27. The molecule has 10 heteroatoms. The number of carbonyl (C=O) groups excluding carboxylic acids is 1. The van der Waals surface area contributed by atoms with Crippen molar-refractivity contribution >= 4 is 28.6 Å². The van der Waals surface area contributed by atoms with Gasteiger partial charge in [-0.3, -0.25) is 9.48 Å². The van der Waals surface area contributed by atoms with Crippen LogP contribution in [0.1, 0.15) is 44.7 Å². The lowest BCUT2D eigenvalue weighted by Gasteiger charge is -2.37. The Morgan fingerprint density at radius 3 is 2.81 bits per heavy atom. The molecule has 1 amide bonds. The second kappa shape index (κ2) is 7.61. The molecule has 1 aliphatic heterocycles. The van der Waals surface area contributed by atoms with Gasteiger partial charge in [0.2, 0.25) is 5.01 Å². The molecule has 6 nitrogen and oxygen atoms in total. The lowest BCUT2D eigenvalue weighted by Crippen LogP contribution is -2.40. The number of thiophene rings is 1. The normalized spacial score (nSPS) is 18.3. The molecule has 4 heterocycles. The molecule has 1 aromatic carbocycles. The Bertz CT molecular complexity index is 1280. The number of hydrogen-bond acceptors (Lipinski definition) is 6. The molecule has 0 saturated heterocycles. The first kappa shape index (κ1) is 20.0. The van der Waals surface area contributed by atoms with Gasteiger partial charge >= 0.3 is 0 Å². The highest BCUT2D eigenvalue weighted by Crippen LogP contribution is 2.43. The van der Waals surface area contributed by atoms with Gasteiger partial charge < -0.3 is 4.90 Å². The molecule has 4 aromatic rings. The van der Waals surface area contributed by atoms with Crippen molar-refractivity contribution < 1.29 is 13.6 Å². The third kappa shape index (κ3) is 3.45. The minimum atomic E-state index is -0.735. The molecule has 158 valence electrons. The van der Waals surface area contributed by atoms with Gasteiger partial charge in [-0.25, -0.2) is 8.78 Å². The fourth-order valence-corrected chi connectivity index (χ4v) is 5.84. The van der Waals surface area contributed by atoms with Crippen molar-refractivity contribution in [1.29, 1.82) is 0 Å². The first-order valence-corrected chi connectivity index (χ1v) is 11.3. The summed E-state index contributed by atoms with van der Waals surface area (Å²) in [5.74, 6) is -1.64. The zero-order valence-electron chi connectivity index (χ0n) is 16.6. The molecule has 0 bridgehead atoms. The SMILES string of the molecule is C[C@H]1c2ccsc2[C@@H](c2cnn(C)c2)CN1C(=O)c1nnc(-c2ccc(F)cc2F)s1. The van der Waals surface area contributed by atoms with E-state index in [1.807, 2.05) is 37.8 Å². The average Bonchev–Trinajstić information content (AvgIpc) is 3.48. The minimum Gasteiger partial charge on any atom is -0.329 e. The number of hydrogen-bond donors (Lipinski definition) is 0. The number of aryl methyl sites for hydroxylation is 1. The second-order valence-electron chi connectivity index (χ2n) is 7.41. The predicted molar refractivity (Wildman–Crippen MR) is 114 cm³/mol. The summed E-state index contributed by atoms with van der Waals surface area (Å²) in [6.45, 7) is 2.48. The molecule has 1 aliphatic rings. The highest BCUT2D eigenvalue weighted by molar-refractivity contribution is 7.16. The maximum Gasteiger partial charge on any atom is 0.285 e. The Morgan fingerprint density at radius 1 is 1.23 bits per heavy atom. The Labute approximate surface area is 184 Å². The first-order valence-electron chi connectivity index (χ1n) is 9.58. The second-order valence-corrected chi connectivity index (χ2v) is 9.34. The van der Waals surface area contributed by atoms with Gasteiger partial charge in [-0.15, -0.1) is 21.5 Å². The molecule has 5 rings (SSSR count). The van der Waals surface area contributed by atoms with Crippen LogP contribution in [0.15, 0.2) is 42.0 Å². The third-order valence-electron chi connectivity index (χ3n) is 5.50. The van der Waals surface area contributed by atoms with Gasteiger partial charge in [0.15, 0.2) is 5.01 Å². The Kier molecular flexibility index (Phi) is 4.90. The van der Waals surface area contributed by atoms with E-state index < -0.39 is 11.6 Å². The van der Waals surface area contributed by atoms with Gasteiger partial charge in [-0.2, -0.15) is 5.10 Å². The highest BCUT2D eigenvalue weighted by Gasteiger charge is 2.37. The number of rotatable bonds is 3. The lowest BCUT2D eigenvalue weighted by atomic mass is 9.89. The highest BCUT2D eigenvalue weighted by atomic mass is 32.1. The summed E-state index contributed by atoms with van der Waals surface area (Å²) >= 11 is 2.69. The number of amides is 1. The zero-order valence-corrected chi connectivity index (χ0v) is 18.3. The van der Waals surface area contributed by atoms with Gasteiger partial charge in [0.05, 0.1) is 12.2 Å². The predicted octanol–water partition coefficient (Wildman–Crippen LogP) is 4.63. The van der Waals surface area contributed by atoms with E-state index in [-0.39, 0.29) is 33.4 Å². The van der Waals surface area contributed by atoms with Gasteiger partial charge in [0.25, 0.3) is 5.91 Å². The van der Waals surface area contributed by atoms with Gasteiger partial charge in [-0.05, 0) is 36.1 Å². The van der Waals surface area contributed by atoms with Crippen LogP contribution in [0, 0.1) is 11.6 Å². The topological polar surface area (TPSA) is 63.9 Å². The molecular formula is C21H17F2N5OS2. The van der Waals surface area contributed by atoms with Crippen molar-refractivity contribution in [2.24, 2.45) is 7.05 Å². The van der Waals surface area contributed by atoms with E-state index in [4.69, 9.17) is 0 Å². The van der Waals surface area contributed by atoms with Crippen molar-refractivity contribution in [3.05, 3.63) is 74.7 Å². The Hall–Kier alpha value is -2.98. The molecule has 2 atom stereocenters. The standard InChI is InChI=1S/C21H17F2N5OS2/c1-11-14-5-6-30-18(14)16(12-8-24-27(2)9-12)10-28(11)21(29)20-26-25-19(31-20)15-4-3-13(22)7-17(15)23/h3-9,11,16H,10H2,1-2H3/t11-,16+/m0/s1. The number of nitrogens with zero attached hydrogens (tertiary/aromatic N) is 5. The van der Waals surface area contributed by atoms with Crippen molar-refractivity contribution in [3.63, 3.8) is 0 Å². The molecule has 31 heavy (non-hydrogen) atoms. The van der Waals surface area contributed by atoms with Gasteiger partial charge in [-0.1, -0.05) is 11.3 Å². The van der Waals surface area contributed by atoms with Crippen LogP contribution in [-0.4, -0.2) is 37.3 Å². The number of halogens is 2. The molecule has 0 aliphatic carbocycles. The van der Waals surface area contributed by atoms with Crippen LogP contribution in [0.25, 0.3) is 10.6 Å². The van der Waals surface area contributed by atoms with Crippen LogP contribution in [-0.2, 0) is 7.05 Å². The summed E-state index contributed by atoms with van der Waals surface area (Å²) < 4.78 is 29.1. The summed E-state index contributed by atoms with van der Waals surface area (Å²) in [5, 5.41) is 14.7. The number of carbonyl (C=O) groups is 1. The summed E-state index contributed by atoms with van der Waals surface area (Å²) in [4.78, 5) is 16.4. The lowest BCUT2D eigenvalue weighted by molar-refractivity contribution is 0.0666. The largest absolute Gasteiger partial charge is 0.329 e. The van der Waals surface area contributed by atoms with Crippen LogP contribution in [0.2, 0.25) is 0 Å². The smallest absolute Gasteiger partial charge is 0.285 e. The molecule has 0 radical (unpaired) electrons. The van der Waals surface area contributed by atoms with E-state index in [9.17, 15) is 13.6 Å². The summed E-state index contributed by atoms with van der Waals surface area (Å²) in [7, 11) is 1.87. The monoisotopic (exact) mass is 457 g/mol. The summed E-state index contributed by atoms with van der Waals surface area (Å²) in [6.07, 6.45) is 3.79. The molecular weight excluding hydrogens is 440 g/mol. The van der Waals surface area contributed by atoms with E-state index in [0.29, 0.717) is 6.54 Å². The third-order valence-corrected chi connectivity index (χ3v) is 7.49. The van der Waals surface area contributed by atoms with Crippen LogP contribution < -0.4 is 0 Å². The number of aromatic nitrogens is 4. The number of fused-ring (bicyclic) bond motifs is 1. The van der Waals surface area contributed by atoms with Crippen molar-refractivity contribution in [2.45, 2.75) is 18.9 Å². The van der Waals surface area contributed by atoms with E-state index in [2.05, 4.69) is 15.3 Å². The van der Waals surface area contributed by atoms with Crippen LogP contribution in [0.5, 0.6) is 0 Å². The molecule has 0 N–H and O–H groups in total.